The van der Waals surface area contributed by atoms with Gasteiger partial charge in [0.15, 0.2) is 5.65 Å². The number of nitrogens with one attached hydrogen (secondary N) is 1. The van der Waals surface area contributed by atoms with Crippen molar-refractivity contribution in [3.05, 3.63) is 70.9 Å². The zero-order chi connectivity index (χ0) is 16.5. The first-order valence-corrected chi connectivity index (χ1v) is 7.26. The number of rotatable bonds is 4. The Labute approximate surface area is 135 Å². The standard InChI is InChI=1S/C16H12N6O2/c23-22(24)15-2-1-14(12-4-6-17-10-13(12)15)19-9-11-3-7-18-16-5-8-20-21(11)16/h1-8,10,19H,9H2. The molecule has 4 rings (SSSR count). The Bertz CT molecular complexity index is 1060. The van der Waals surface area contributed by atoms with Crippen LogP contribution in [-0.4, -0.2) is 24.5 Å². The number of nitro benzene ring substituents is 1. The molecule has 1 N–H and O–H groups in total. The number of nitro groups is 1. The predicted molar refractivity (Wildman–Crippen MR) is 88.7 cm³/mol. The molecule has 0 unspecified atom stereocenters. The first kappa shape index (κ1) is 14.1. The monoisotopic (exact) mass is 320 g/mol. The molecule has 0 fully saturated rings. The van der Waals surface area contributed by atoms with Gasteiger partial charge in [-0.05, 0) is 18.2 Å². The zero-order valence-corrected chi connectivity index (χ0v) is 12.5. The molecule has 4 aromatic rings. The summed E-state index contributed by atoms with van der Waals surface area (Å²) in [5.74, 6) is 0. The lowest BCUT2D eigenvalue weighted by Crippen LogP contribution is -2.07. The smallest absolute Gasteiger partial charge is 0.278 e. The molecule has 0 amide bonds. The number of hydrogen-bond donors (Lipinski definition) is 1. The van der Waals surface area contributed by atoms with Crippen molar-refractivity contribution in [2.45, 2.75) is 6.54 Å². The lowest BCUT2D eigenvalue weighted by atomic mass is 10.1. The van der Waals surface area contributed by atoms with E-state index in [1.165, 1.54) is 12.3 Å². The molecule has 118 valence electrons. The van der Waals surface area contributed by atoms with E-state index in [4.69, 9.17) is 0 Å². The largest absolute Gasteiger partial charge is 0.379 e. The van der Waals surface area contributed by atoms with Gasteiger partial charge in [-0.3, -0.25) is 15.1 Å². The van der Waals surface area contributed by atoms with Crippen molar-refractivity contribution >= 4 is 27.8 Å². The summed E-state index contributed by atoms with van der Waals surface area (Å²) in [6.07, 6.45) is 6.55. The number of non-ortho nitro benzene ring substituents is 1. The molecular weight excluding hydrogens is 308 g/mol. The van der Waals surface area contributed by atoms with E-state index >= 15 is 0 Å². The summed E-state index contributed by atoms with van der Waals surface area (Å²) in [7, 11) is 0. The summed E-state index contributed by atoms with van der Waals surface area (Å²) < 4.78 is 1.75. The number of hydrogen-bond acceptors (Lipinski definition) is 6. The quantitative estimate of drug-likeness (QED) is 0.458. The minimum Gasteiger partial charge on any atom is -0.379 e. The van der Waals surface area contributed by atoms with E-state index in [1.807, 2.05) is 12.1 Å². The van der Waals surface area contributed by atoms with Crippen LogP contribution in [0.25, 0.3) is 16.4 Å². The zero-order valence-electron chi connectivity index (χ0n) is 12.5. The van der Waals surface area contributed by atoms with E-state index in [2.05, 4.69) is 20.4 Å². The normalized spacial score (nSPS) is 11.0. The van der Waals surface area contributed by atoms with Gasteiger partial charge >= 0.3 is 0 Å². The topological polar surface area (TPSA) is 98.2 Å². The fraction of sp³-hybridized carbons (Fsp3) is 0.0625. The van der Waals surface area contributed by atoms with Gasteiger partial charge in [0, 0.05) is 41.8 Å². The summed E-state index contributed by atoms with van der Waals surface area (Å²) in [5, 5.41) is 20.0. The Morgan fingerprint density at radius 2 is 2.00 bits per heavy atom. The lowest BCUT2D eigenvalue weighted by Gasteiger charge is -2.11. The van der Waals surface area contributed by atoms with Gasteiger partial charge < -0.3 is 5.32 Å². The number of benzene rings is 1. The highest BCUT2D eigenvalue weighted by Crippen LogP contribution is 2.30. The first-order valence-electron chi connectivity index (χ1n) is 7.26. The maximum atomic E-state index is 11.2. The molecule has 3 heterocycles. The van der Waals surface area contributed by atoms with Crippen LogP contribution in [0.4, 0.5) is 11.4 Å². The highest BCUT2D eigenvalue weighted by molar-refractivity contribution is 5.99. The molecule has 1 aromatic carbocycles. The summed E-state index contributed by atoms with van der Waals surface area (Å²) >= 11 is 0. The molecule has 0 bridgehead atoms. The minimum absolute atomic E-state index is 0.0435. The van der Waals surface area contributed by atoms with Gasteiger partial charge in [0.2, 0.25) is 0 Å². The third-order valence-corrected chi connectivity index (χ3v) is 3.82. The molecule has 3 aromatic heterocycles. The molecule has 0 radical (unpaired) electrons. The van der Waals surface area contributed by atoms with Gasteiger partial charge in [-0.15, -0.1) is 0 Å². The van der Waals surface area contributed by atoms with E-state index < -0.39 is 4.92 Å². The van der Waals surface area contributed by atoms with Gasteiger partial charge in [0.05, 0.1) is 28.7 Å². The molecule has 24 heavy (non-hydrogen) atoms. The Kier molecular flexibility index (Phi) is 3.27. The Morgan fingerprint density at radius 1 is 1.08 bits per heavy atom. The van der Waals surface area contributed by atoms with Gasteiger partial charge in [0.1, 0.15) is 0 Å². The second-order valence-corrected chi connectivity index (χ2v) is 5.20. The van der Waals surface area contributed by atoms with Gasteiger partial charge in [0.25, 0.3) is 5.69 Å². The van der Waals surface area contributed by atoms with E-state index in [0.717, 1.165) is 22.4 Å². The summed E-state index contributed by atoms with van der Waals surface area (Å²) in [6.45, 7) is 0.510. The number of pyridine rings is 1. The molecule has 0 spiro atoms. The van der Waals surface area contributed by atoms with Crippen LogP contribution in [0.3, 0.4) is 0 Å². The van der Waals surface area contributed by atoms with Crippen LogP contribution in [0.2, 0.25) is 0 Å². The number of anilines is 1. The molecule has 0 aliphatic rings. The van der Waals surface area contributed by atoms with Crippen LogP contribution in [0, 0.1) is 10.1 Å². The lowest BCUT2D eigenvalue weighted by molar-refractivity contribution is -0.383. The highest BCUT2D eigenvalue weighted by Gasteiger charge is 2.14. The predicted octanol–water partition coefficient (Wildman–Crippen LogP) is 2.80. The van der Waals surface area contributed by atoms with Crippen molar-refractivity contribution in [1.82, 2.24) is 19.6 Å². The maximum Gasteiger partial charge on any atom is 0.278 e. The van der Waals surface area contributed by atoms with Crippen LogP contribution < -0.4 is 5.32 Å². The van der Waals surface area contributed by atoms with Crippen LogP contribution >= 0.6 is 0 Å². The second-order valence-electron chi connectivity index (χ2n) is 5.20. The van der Waals surface area contributed by atoms with Crippen LogP contribution in [0.15, 0.2) is 55.1 Å². The summed E-state index contributed by atoms with van der Waals surface area (Å²) in [5.41, 5.74) is 2.55. The van der Waals surface area contributed by atoms with Crippen LogP contribution in [0.5, 0.6) is 0 Å². The molecule has 0 aliphatic carbocycles. The fourth-order valence-corrected chi connectivity index (χ4v) is 2.69. The number of fused-ring (bicyclic) bond motifs is 2. The minimum atomic E-state index is -0.399. The van der Waals surface area contributed by atoms with E-state index in [0.29, 0.717) is 11.9 Å². The molecule has 0 aliphatic heterocycles. The second kappa shape index (κ2) is 5.58. The van der Waals surface area contributed by atoms with Crippen molar-refractivity contribution in [3.8, 4) is 0 Å². The SMILES string of the molecule is O=[N+]([O-])c1ccc(NCc2ccnc3ccnn23)c2ccncc12. The van der Waals surface area contributed by atoms with E-state index in [9.17, 15) is 10.1 Å². The number of aromatic nitrogens is 4. The fourth-order valence-electron chi connectivity index (χ4n) is 2.69. The molecule has 8 heteroatoms. The number of nitrogens with zero attached hydrogens (tertiary/aromatic N) is 5. The average molecular weight is 320 g/mol. The molecule has 0 saturated carbocycles. The molecule has 8 nitrogen and oxygen atoms in total. The summed E-state index contributed by atoms with van der Waals surface area (Å²) in [4.78, 5) is 19.0. The van der Waals surface area contributed by atoms with Crippen molar-refractivity contribution in [2.24, 2.45) is 0 Å². The maximum absolute atomic E-state index is 11.2. The molecule has 0 saturated heterocycles. The molecular formula is C16H12N6O2. The van der Waals surface area contributed by atoms with E-state index in [-0.39, 0.29) is 5.69 Å². The average Bonchev–Trinajstić information content (AvgIpc) is 3.08. The third kappa shape index (κ3) is 2.30. The Hall–Kier alpha value is -3.55. The van der Waals surface area contributed by atoms with Gasteiger partial charge in [-0.2, -0.15) is 5.10 Å². The first-order chi connectivity index (χ1) is 11.7. The van der Waals surface area contributed by atoms with Crippen molar-refractivity contribution in [3.63, 3.8) is 0 Å². The summed E-state index contributed by atoms with van der Waals surface area (Å²) in [6, 6.07) is 8.67. The third-order valence-electron chi connectivity index (χ3n) is 3.82. The molecule has 0 atom stereocenters. The van der Waals surface area contributed by atoms with Crippen molar-refractivity contribution < 1.29 is 4.92 Å². The van der Waals surface area contributed by atoms with E-state index in [1.54, 1.807) is 35.2 Å². The Morgan fingerprint density at radius 3 is 2.88 bits per heavy atom. The Balaban J connectivity index is 1.72. The van der Waals surface area contributed by atoms with Crippen LogP contribution in [0.1, 0.15) is 5.69 Å². The van der Waals surface area contributed by atoms with Crippen molar-refractivity contribution in [1.29, 1.82) is 0 Å². The van der Waals surface area contributed by atoms with Crippen LogP contribution in [-0.2, 0) is 6.54 Å². The van der Waals surface area contributed by atoms with Crippen molar-refractivity contribution in [2.75, 3.05) is 5.32 Å². The van der Waals surface area contributed by atoms with Gasteiger partial charge in [-0.25, -0.2) is 9.50 Å². The highest BCUT2D eigenvalue weighted by atomic mass is 16.6. The van der Waals surface area contributed by atoms with Gasteiger partial charge in [-0.1, -0.05) is 0 Å².